The van der Waals surface area contributed by atoms with Gasteiger partial charge in [-0.05, 0) is 0 Å². The number of aliphatic hydroxyl groups is 20. The molecule has 0 unspecified atom stereocenters. The summed E-state index contributed by atoms with van der Waals surface area (Å²) >= 11 is 0. The van der Waals surface area contributed by atoms with Crippen LogP contribution >= 0.6 is 0 Å². The van der Waals surface area contributed by atoms with E-state index in [0.717, 1.165) is 0 Å². The molecule has 0 aromatic carbocycles. The first-order chi connectivity index (χ1) is 18.5. The van der Waals surface area contributed by atoms with Gasteiger partial charge in [0, 0.05) is 0 Å². The van der Waals surface area contributed by atoms with E-state index in [4.69, 9.17) is 102 Å². The van der Waals surface area contributed by atoms with E-state index in [1.165, 1.54) is 0 Å². The maximum Gasteiger partial charge on any atom is 0.110 e. The molecule has 0 rings (SSSR count). The van der Waals surface area contributed by atoms with Crippen molar-refractivity contribution in [2.24, 2.45) is 0 Å². The molecule has 0 saturated heterocycles. The van der Waals surface area contributed by atoms with Gasteiger partial charge in [0.1, 0.15) is 73.2 Å². The number of hydrogen-bond acceptors (Lipinski definition) is 20. The number of aliphatic hydroxyl groups excluding tert-OH is 20. The maximum absolute atomic E-state index is 8.77. The fourth-order valence-electron chi connectivity index (χ4n) is 1.89. The van der Waals surface area contributed by atoms with Gasteiger partial charge in [-0.15, -0.1) is 0 Å². The van der Waals surface area contributed by atoms with Crippen LogP contribution in [0.4, 0.5) is 0 Å². The Labute approximate surface area is 229 Å². The third-order valence-electron chi connectivity index (χ3n) is 4.65. The zero-order valence-corrected chi connectivity index (χ0v) is 21.5. The molecular weight excluding hydrogens is 560 g/mol. The van der Waals surface area contributed by atoms with Crippen molar-refractivity contribution in [1.29, 1.82) is 0 Å². The summed E-state index contributed by atoms with van der Waals surface area (Å²) in [5.74, 6) is 0. The standard InChI is InChI=1S/4C5H12O5/c4*6-1-3(8)5(10)4(9)2-7/h4*3-10H,1-2H2/t3-,4+,5+;3-,4+,5-;2*3-,4-/m..10/s1. The van der Waals surface area contributed by atoms with E-state index >= 15 is 0 Å². The highest BCUT2D eigenvalue weighted by Crippen LogP contribution is 2.00. The molecule has 248 valence electrons. The molecule has 20 nitrogen and oxygen atoms in total. The van der Waals surface area contributed by atoms with E-state index in [1.54, 1.807) is 0 Å². The Bertz CT molecular complexity index is 392. The molecule has 10 atom stereocenters. The molecule has 0 fully saturated rings. The topological polar surface area (TPSA) is 405 Å². The Morgan fingerprint density at radius 1 is 0.200 bits per heavy atom. The van der Waals surface area contributed by atoms with Crippen molar-refractivity contribution in [3.63, 3.8) is 0 Å². The van der Waals surface area contributed by atoms with Crippen molar-refractivity contribution in [3.05, 3.63) is 0 Å². The van der Waals surface area contributed by atoms with Gasteiger partial charge >= 0.3 is 0 Å². The second kappa shape index (κ2) is 28.3. The predicted octanol–water partition coefficient (Wildman–Crippen LogP) is -11.8. The Morgan fingerprint density at radius 2 is 0.275 bits per heavy atom. The maximum atomic E-state index is 8.77. The fourth-order valence-corrected chi connectivity index (χ4v) is 1.89. The quantitative estimate of drug-likeness (QED) is 0.0772. The normalized spacial score (nSPS) is 18.8. The molecule has 0 aliphatic rings. The molecule has 0 aromatic heterocycles. The van der Waals surface area contributed by atoms with Crippen LogP contribution in [0, 0.1) is 0 Å². The smallest absolute Gasteiger partial charge is 0.110 e. The van der Waals surface area contributed by atoms with E-state index in [0.29, 0.717) is 0 Å². The van der Waals surface area contributed by atoms with Gasteiger partial charge in [0.2, 0.25) is 0 Å². The van der Waals surface area contributed by atoms with Crippen LogP contribution in [0.25, 0.3) is 0 Å². The Hall–Kier alpha value is -0.800. The van der Waals surface area contributed by atoms with Crippen LogP contribution in [0.2, 0.25) is 0 Å². The van der Waals surface area contributed by atoms with Crippen molar-refractivity contribution < 1.29 is 102 Å². The SMILES string of the molecule is OC[C@@H](O)C(O)[C@H](O)CO.OC[C@@H](O)[C@@H](O)[C@@H](O)CO.OC[C@@H](O)[C@H](O)[C@@H](O)CO.OC[C@H](O)C(O)[C@@H](O)CO. The van der Waals surface area contributed by atoms with Gasteiger partial charge in [-0.25, -0.2) is 0 Å². The summed E-state index contributed by atoms with van der Waals surface area (Å²) in [4.78, 5) is 0. The molecule has 0 saturated carbocycles. The minimum Gasteiger partial charge on any atom is -0.394 e. The van der Waals surface area contributed by atoms with Crippen LogP contribution in [0.1, 0.15) is 0 Å². The van der Waals surface area contributed by atoms with E-state index in [2.05, 4.69) is 0 Å². The second-order valence-corrected chi connectivity index (χ2v) is 7.96. The lowest BCUT2D eigenvalue weighted by atomic mass is 10.1. The Morgan fingerprint density at radius 3 is 0.325 bits per heavy atom. The first-order valence-electron chi connectivity index (χ1n) is 11.6. The Kier molecular flexibility index (Phi) is 32.7. The lowest BCUT2D eigenvalue weighted by molar-refractivity contribution is -0.0900. The largest absolute Gasteiger partial charge is 0.394 e. The molecule has 0 aromatic rings. The van der Waals surface area contributed by atoms with Crippen molar-refractivity contribution in [2.75, 3.05) is 52.9 Å². The van der Waals surface area contributed by atoms with Gasteiger partial charge in [-0.1, -0.05) is 0 Å². The van der Waals surface area contributed by atoms with E-state index < -0.39 is 126 Å². The molecule has 0 aliphatic carbocycles. The first-order valence-corrected chi connectivity index (χ1v) is 11.6. The second-order valence-electron chi connectivity index (χ2n) is 7.96. The lowest BCUT2D eigenvalue weighted by Crippen LogP contribution is -2.41. The minimum absolute atomic E-state index is 0.641. The molecule has 0 amide bonds. The average Bonchev–Trinajstić information content (AvgIpc) is 3.00. The molecule has 0 bridgehead atoms. The van der Waals surface area contributed by atoms with E-state index in [-0.39, 0.29) is 0 Å². The summed E-state index contributed by atoms with van der Waals surface area (Å²) in [6.07, 6.45) is -17.2. The monoisotopic (exact) mass is 608 g/mol. The molecular formula is C20H48O20. The summed E-state index contributed by atoms with van der Waals surface area (Å²) in [7, 11) is 0. The molecule has 0 aliphatic heterocycles. The first kappa shape index (κ1) is 46.2. The highest BCUT2D eigenvalue weighted by molar-refractivity contribution is 4.75. The van der Waals surface area contributed by atoms with Crippen LogP contribution < -0.4 is 0 Å². The lowest BCUT2D eigenvalue weighted by Gasteiger charge is -2.19. The average molecular weight is 609 g/mol. The summed E-state index contributed by atoms with van der Waals surface area (Å²) < 4.78 is 0. The van der Waals surface area contributed by atoms with Crippen LogP contribution in [-0.2, 0) is 0 Å². The predicted molar refractivity (Wildman–Crippen MR) is 129 cm³/mol. The number of hydrogen-bond donors (Lipinski definition) is 20. The highest BCUT2D eigenvalue weighted by Gasteiger charge is 2.25. The number of rotatable bonds is 16. The fraction of sp³-hybridized carbons (Fsp3) is 1.00. The third kappa shape index (κ3) is 21.9. The summed E-state index contributed by atoms with van der Waals surface area (Å²) in [5, 5.41) is 170. The van der Waals surface area contributed by atoms with Crippen molar-refractivity contribution in [3.8, 4) is 0 Å². The van der Waals surface area contributed by atoms with Gasteiger partial charge in [-0.2, -0.15) is 0 Å². The van der Waals surface area contributed by atoms with Crippen LogP contribution in [0.5, 0.6) is 0 Å². The van der Waals surface area contributed by atoms with Gasteiger partial charge in [0.15, 0.2) is 0 Å². The van der Waals surface area contributed by atoms with Crippen LogP contribution in [0.3, 0.4) is 0 Å². The van der Waals surface area contributed by atoms with Crippen molar-refractivity contribution in [1.82, 2.24) is 0 Å². The molecule has 0 heterocycles. The van der Waals surface area contributed by atoms with E-state index in [9.17, 15) is 0 Å². The molecule has 0 spiro atoms. The summed E-state index contributed by atoms with van der Waals surface area (Å²) in [5.41, 5.74) is 0. The third-order valence-corrected chi connectivity index (χ3v) is 4.65. The minimum atomic E-state index is -1.49. The molecule has 20 heteroatoms. The van der Waals surface area contributed by atoms with Crippen molar-refractivity contribution >= 4 is 0 Å². The van der Waals surface area contributed by atoms with Gasteiger partial charge in [-0.3, -0.25) is 0 Å². The highest BCUT2D eigenvalue weighted by atomic mass is 16.4. The van der Waals surface area contributed by atoms with E-state index in [1.807, 2.05) is 0 Å². The van der Waals surface area contributed by atoms with Gasteiger partial charge < -0.3 is 102 Å². The van der Waals surface area contributed by atoms with Crippen LogP contribution in [0.15, 0.2) is 0 Å². The summed E-state index contributed by atoms with van der Waals surface area (Å²) in [6.45, 7) is -5.13. The Balaban J connectivity index is -0.000000216. The molecule has 40 heavy (non-hydrogen) atoms. The zero-order valence-electron chi connectivity index (χ0n) is 21.5. The van der Waals surface area contributed by atoms with Gasteiger partial charge in [0.05, 0.1) is 52.9 Å². The van der Waals surface area contributed by atoms with Crippen molar-refractivity contribution in [2.45, 2.75) is 73.2 Å². The van der Waals surface area contributed by atoms with Gasteiger partial charge in [0.25, 0.3) is 0 Å². The molecule has 0 radical (unpaired) electrons. The zero-order chi connectivity index (χ0) is 32.6. The summed E-state index contributed by atoms with van der Waals surface area (Å²) in [6, 6.07) is 0. The molecule has 20 N–H and O–H groups in total. The van der Waals surface area contributed by atoms with Crippen LogP contribution in [-0.4, -0.2) is 228 Å².